The maximum Gasteiger partial charge on any atom is 0.377 e. The van der Waals surface area contributed by atoms with Gasteiger partial charge in [-0.1, -0.05) is 0 Å². The highest BCUT2D eigenvalue weighted by Gasteiger charge is 2.08. The predicted molar refractivity (Wildman–Crippen MR) is 33.4 cm³/mol. The van der Waals surface area contributed by atoms with Gasteiger partial charge in [0.25, 0.3) is 0 Å². The highest BCUT2D eigenvalue weighted by Crippen LogP contribution is 1.82. The predicted octanol–water partition coefficient (Wildman–Crippen LogP) is -0.361. The van der Waals surface area contributed by atoms with Gasteiger partial charge < -0.3 is 9.47 Å². The largest absolute Gasteiger partial charge is 0.428 e. The fourth-order valence-corrected chi connectivity index (χ4v) is 0.268. The molecule has 0 aromatic heterocycles. The molecule has 5 nitrogen and oxygen atoms in total. The molecule has 0 heterocycles. The average Bonchev–Trinajstić information content (AvgIpc) is 1.86. The van der Waals surface area contributed by atoms with Gasteiger partial charge in [0.2, 0.25) is 12.6 Å². The van der Waals surface area contributed by atoms with E-state index in [-0.39, 0.29) is 0 Å². The van der Waals surface area contributed by atoms with Crippen LogP contribution in [-0.4, -0.2) is 24.5 Å². The van der Waals surface area contributed by atoms with Crippen molar-refractivity contribution in [2.45, 2.75) is 13.8 Å². The van der Waals surface area contributed by atoms with Gasteiger partial charge in [-0.3, -0.25) is 9.59 Å². The van der Waals surface area contributed by atoms with Crippen LogP contribution in [0.1, 0.15) is 13.8 Å². The molecule has 0 saturated heterocycles. The van der Waals surface area contributed by atoms with E-state index in [0.29, 0.717) is 0 Å². The Morgan fingerprint density at radius 2 is 1.64 bits per heavy atom. The van der Waals surface area contributed by atoms with Crippen molar-refractivity contribution in [3.05, 3.63) is 0 Å². The Balaban J connectivity index is 3.47. The number of hydrogen-bond acceptors (Lipinski definition) is 5. The van der Waals surface area contributed by atoms with Crippen LogP contribution in [-0.2, 0) is 23.9 Å². The summed E-state index contributed by atoms with van der Waals surface area (Å²) in [6.07, 6.45) is 0. The molecule has 0 aromatic rings. The molecule has 0 bridgehead atoms. The molecule has 0 aromatic carbocycles. The van der Waals surface area contributed by atoms with Crippen LogP contribution in [0.5, 0.6) is 0 Å². The molecule has 0 aliphatic rings. The second-order valence-electron chi connectivity index (χ2n) is 1.74. The highest BCUT2D eigenvalue weighted by molar-refractivity contribution is 6.32. The summed E-state index contributed by atoms with van der Waals surface area (Å²) >= 11 is 0. The van der Waals surface area contributed by atoms with Crippen molar-refractivity contribution in [3.63, 3.8) is 0 Å². The van der Waals surface area contributed by atoms with Crippen molar-refractivity contribution in [1.82, 2.24) is 0 Å². The Hall–Kier alpha value is -1.39. The van der Waals surface area contributed by atoms with Gasteiger partial charge in [0, 0.05) is 13.8 Å². The molecule has 0 aliphatic heterocycles. The molecular formula is C6H8O5. The minimum absolute atomic E-state index is 0.506. The quantitative estimate of drug-likeness (QED) is 0.320. The summed E-state index contributed by atoms with van der Waals surface area (Å²) in [5, 5.41) is 0. The molecular weight excluding hydrogens is 152 g/mol. The van der Waals surface area contributed by atoms with Crippen LogP contribution in [0.3, 0.4) is 0 Å². The average molecular weight is 160 g/mol. The summed E-state index contributed by atoms with van der Waals surface area (Å²) < 4.78 is 8.41. The second kappa shape index (κ2) is 4.43. The molecule has 11 heavy (non-hydrogen) atoms. The normalized spacial score (nSPS) is 8.55. The van der Waals surface area contributed by atoms with Crippen molar-refractivity contribution in [2.75, 3.05) is 6.79 Å². The first-order chi connectivity index (χ1) is 5.04. The summed E-state index contributed by atoms with van der Waals surface area (Å²) in [5.41, 5.74) is 0. The minimum atomic E-state index is -1.01. The molecule has 0 fully saturated rings. The van der Waals surface area contributed by atoms with Gasteiger partial charge in [-0.25, -0.2) is 4.79 Å². The van der Waals surface area contributed by atoms with E-state index in [2.05, 4.69) is 9.47 Å². The molecule has 0 aliphatic carbocycles. The molecule has 0 atom stereocenters. The van der Waals surface area contributed by atoms with E-state index >= 15 is 0 Å². The van der Waals surface area contributed by atoms with E-state index in [9.17, 15) is 14.4 Å². The van der Waals surface area contributed by atoms with Crippen LogP contribution in [0.15, 0.2) is 0 Å². The summed E-state index contributed by atoms with van der Waals surface area (Å²) in [4.78, 5) is 30.7. The van der Waals surface area contributed by atoms with Gasteiger partial charge in [0.1, 0.15) is 0 Å². The van der Waals surface area contributed by atoms with Gasteiger partial charge in [0.05, 0.1) is 0 Å². The van der Waals surface area contributed by atoms with Gasteiger partial charge in [0.15, 0.2) is 0 Å². The van der Waals surface area contributed by atoms with E-state index in [4.69, 9.17) is 0 Å². The smallest absolute Gasteiger partial charge is 0.377 e. The summed E-state index contributed by atoms with van der Waals surface area (Å²) in [7, 11) is 0. The van der Waals surface area contributed by atoms with E-state index < -0.39 is 24.5 Å². The van der Waals surface area contributed by atoms with Crippen LogP contribution in [0.2, 0.25) is 0 Å². The fourth-order valence-electron chi connectivity index (χ4n) is 0.268. The third-order valence-corrected chi connectivity index (χ3v) is 0.740. The second-order valence-corrected chi connectivity index (χ2v) is 1.74. The number of hydrogen-bond donors (Lipinski definition) is 0. The standard InChI is InChI=1S/C6H8O5/c1-4(7)6(9)11-3-10-5(2)8/h3H2,1-2H3. The maximum atomic E-state index is 10.4. The number of Topliss-reactive ketones (excluding diaryl/α,β-unsaturated/α-hetero) is 1. The van der Waals surface area contributed by atoms with Crippen LogP contribution in [0.4, 0.5) is 0 Å². The van der Waals surface area contributed by atoms with Crippen LogP contribution < -0.4 is 0 Å². The van der Waals surface area contributed by atoms with Crippen molar-refractivity contribution < 1.29 is 23.9 Å². The molecule has 62 valence electrons. The van der Waals surface area contributed by atoms with Gasteiger partial charge >= 0.3 is 11.9 Å². The van der Waals surface area contributed by atoms with Gasteiger partial charge in [-0.05, 0) is 0 Å². The number of carbonyl (C=O) groups is 3. The summed E-state index contributed by atoms with van der Waals surface area (Å²) in [6, 6.07) is 0. The number of ether oxygens (including phenoxy) is 2. The number of rotatable bonds is 3. The van der Waals surface area contributed by atoms with E-state index in [0.717, 1.165) is 6.92 Å². The van der Waals surface area contributed by atoms with Gasteiger partial charge in [-0.15, -0.1) is 0 Å². The fraction of sp³-hybridized carbons (Fsp3) is 0.500. The zero-order chi connectivity index (χ0) is 8.85. The van der Waals surface area contributed by atoms with E-state index in [1.54, 1.807) is 0 Å². The van der Waals surface area contributed by atoms with Crippen molar-refractivity contribution in [1.29, 1.82) is 0 Å². The van der Waals surface area contributed by atoms with E-state index in [1.807, 2.05) is 0 Å². The summed E-state index contributed by atoms with van der Waals surface area (Å²) in [5.74, 6) is -2.30. The Bertz CT molecular complexity index is 183. The number of ketones is 1. The maximum absolute atomic E-state index is 10.4. The molecule has 0 spiro atoms. The lowest BCUT2D eigenvalue weighted by molar-refractivity contribution is -0.169. The van der Waals surface area contributed by atoms with Crippen molar-refractivity contribution in [2.24, 2.45) is 0 Å². The monoisotopic (exact) mass is 160 g/mol. The van der Waals surface area contributed by atoms with E-state index in [1.165, 1.54) is 6.92 Å². The van der Waals surface area contributed by atoms with Crippen molar-refractivity contribution in [3.8, 4) is 0 Å². The zero-order valence-corrected chi connectivity index (χ0v) is 6.25. The first-order valence-electron chi connectivity index (χ1n) is 2.85. The Kier molecular flexibility index (Phi) is 3.87. The Morgan fingerprint density at radius 3 is 2.00 bits per heavy atom. The van der Waals surface area contributed by atoms with Gasteiger partial charge in [-0.2, -0.15) is 0 Å². The van der Waals surface area contributed by atoms with Crippen LogP contribution >= 0.6 is 0 Å². The lowest BCUT2D eigenvalue weighted by Gasteiger charge is -2.00. The topological polar surface area (TPSA) is 69.7 Å². The third kappa shape index (κ3) is 5.07. The molecule has 5 heteroatoms. The zero-order valence-electron chi connectivity index (χ0n) is 6.25. The summed E-state index contributed by atoms with van der Waals surface area (Å²) in [6.45, 7) is 1.73. The lowest BCUT2D eigenvalue weighted by atomic mass is 10.5. The lowest BCUT2D eigenvalue weighted by Crippen LogP contribution is -2.16. The molecule has 0 amide bonds. The first kappa shape index (κ1) is 9.61. The van der Waals surface area contributed by atoms with Crippen LogP contribution in [0.25, 0.3) is 0 Å². The molecule has 0 rings (SSSR count). The molecule has 0 N–H and O–H groups in total. The number of esters is 2. The third-order valence-electron chi connectivity index (χ3n) is 0.740. The SMILES string of the molecule is CC(=O)OCOC(=O)C(C)=O. The molecule has 0 unspecified atom stereocenters. The van der Waals surface area contributed by atoms with Crippen LogP contribution in [0, 0.1) is 0 Å². The Labute approximate surface area is 63.3 Å². The molecule has 0 radical (unpaired) electrons. The number of carbonyl (C=O) groups excluding carboxylic acids is 3. The first-order valence-corrected chi connectivity index (χ1v) is 2.85. The highest BCUT2D eigenvalue weighted by atomic mass is 16.7. The molecule has 0 saturated carbocycles. The van der Waals surface area contributed by atoms with Crippen molar-refractivity contribution >= 4 is 17.7 Å². The minimum Gasteiger partial charge on any atom is -0.428 e. The Morgan fingerprint density at radius 1 is 1.09 bits per heavy atom.